The highest BCUT2D eigenvalue weighted by Gasteiger charge is 2.32. The Kier molecular flexibility index (Phi) is 1.39. The predicted molar refractivity (Wildman–Crippen MR) is 52.1 cm³/mol. The van der Waals surface area contributed by atoms with Gasteiger partial charge < -0.3 is 4.74 Å². The Morgan fingerprint density at radius 3 is 2.79 bits per heavy atom. The summed E-state index contributed by atoms with van der Waals surface area (Å²) >= 11 is 0. The third kappa shape index (κ3) is 0.880. The maximum atomic E-state index is 11.4. The van der Waals surface area contributed by atoms with Crippen LogP contribution in [0.25, 0.3) is 0 Å². The Balaban J connectivity index is 2.23. The molecule has 0 aromatic carbocycles. The zero-order chi connectivity index (χ0) is 9.54. The second-order valence-electron chi connectivity index (χ2n) is 3.46. The summed E-state index contributed by atoms with van der Waals surface area (Å²) in [6.45, 7) is 0. The van der Waals surface area contributed by atoms with Crippen LogP contribution in [0.1, 0.15) is 0 Å². The average Bonchev–Trinajstić information content (AvgIpc) is 2.24. The molecule has 2 nitrogen and oxygen atoms in total. The van der Waals surface area contributed by atoms with E-state index in [1.54, 1.807) is 6.26 Å². The van der Waals surface area contributed by atoms with Gasteiger partial charge in [0.1, 0.15) is 0 Å². The average molecular weight is 184 g/mol. The van der Waals surface area contributed by atoms with Crippen LogP contribution in [0.2, 0.25) is 0 Å². The summed E-state index contributed by atoms with van der Waals surface area (Å²) in [6.07, 6.45) is 13.3. The molecule has 0 saturated heterocycles. The summed E-state index contributed by atoms with van der Waals surface area (Å²) in [7, 11) is 0. The fourth-order valence-corrected chi connectivity index (χ4v) is 2.01. The topological polar surface area (TPSA) is 26.3 Å². The van der Waals surface area contributed by atoms with Crippen molar-refractivity contribution in [1.29, 1.82) is 0 Å². The van der Waals surface area contributed by atoms with Gasteiger partial charge in [-0.1, -0.05) is 36.5 Å². The maximum absolute atomic E-state index is 11.4. The molecule has 68 valence electrons. The van der Waals surface area contributed by atoms with Crippen molar-refractivity contribution in [3.63, 3.8) is 0 Å². The van der Waals surface area contributed by atoms with Crippen LogP contribution in [0.4, 0.5) is 0 Å². The summed E-state index contributed by atoms with van der Waals surface area (Å²) in [4.78, 5) is 11.4. The number of carbonyl (C=O) groups is 1. The second kappa shape index (κ2) is 2.58. The molecule has 1 heterocycles. The van der Waals surface area contributed by atoms with Gasteiger partial charge in [-0.25, -0.2) is 4.79 Å². The Morgan fingerprint density at radius 2 is 1.86 bits per heavy atom. The quantitative estimate of drug-likeness (QED) is 0.538. The molecular weight excluding hydrogens is 176 g/mol. The van der Waals surface area contributed by atoms with Gasteiger partial charge in [-0.3, -0.25) is 0 Å². The minimum absolute atomic E-state index is 0.103. The first-order chi connectivity index (χ1) is 6.86. The molecule has 1 atom stereocenters. The molecular formula is C12H8O2. The van der Waals surface area contributed by atoms with Crippen LogP contribution in [0.3, 0.4) is 0 Å². The van der Waals surface area contributed by atoms with E-state index in [4.69, 9.17) is 4.74 Å². The summed E-state index contributed by atoms with van der Waals surface area (Å²) in [5.41, 5.74) is 2.95. The lowest BCUT2D eigenvalue weighted by molar-refractivity contribution is -0.134. The van der Waals surface area contributed by atoms with E-state index in [0.29, 0.717) is 0 Å². The molecule has 2 aliphatic carbocycles. The molecule has 0 spiro atoms. The first kappa shape index (κ1) is 7.56. The van der Waals surface area contributed by atoms with Crippen LogP contribution in [0.15, 0.2) is 59.4 Å². The molecule has 14 heavy (non-hydrogen) atoms. The molecule has 3 aliphatic rings. The van der Waals surface area contributed by atoms with Gasteiger partial charge in [-0.05, 0) is 11.1 Å². The first-order valence-electron chi connectivity index (χ1n) is 4.54. The first-order valence-corrected chi connectivity index (χ1v) is 4.54. The number of hydrogen-bond donors (Lipinski definition) is 0. The van der Waals surface area contributed by atoms with Crippen molar-refractivity contribution in [1.82, 2.24) is 0 Å². The van der Waals surface area contributed by atoms with Crippen LogP contribution in [-0.4, -0.2) is 5.97 Å². The number of carbonyl (C=O) groups excluding carboxylic acids is 1. The number of allylic oxidation sites excluding steroid dienone is 8. The molecule has 0 N–H and O–H groups in total. The van der Waals surface area contributed by atoms with Gasteiger partial charge in [-0.2, -0.15) is 0 Å². The predicted octanol–water partition coefficient (Wildman–Crippen LogP) is 2.04. The normalized spacial score (nSPS) is 27.3. The van der Waals surface area contributed by atoms with Crippen LogP contribution in [-0.2, 0) is 9.53 Å². The highest BCUT2D eigenvalue weighted by molar-refractivity contribution is 5.93. The van der Waals surface area contributed by atoms with E-state index in [1.807, 2.05) is 36.5 Å². The second-order valence-corrected chi connectivity index (χ2v) is 3.46. The molecule has 2 heteroatoms. The summed E-state index contributed by atoms with van der Waals surface area (Å²) in [6, 6.07) is 0. The van der Waals surface area contributed by atoms with Gasteiger partial charge in [0.05, 0.1) is 6.26 Å². The van der Waals surface area contributed by atoms with Crippen LogP contribution < -0.4 is 0 Å². The fourth-order valence-electron chi connectivity index (χ4n) is 2.01. The minimum atomic E-state index is -0.232. The number of esters is 1. The number of rotatable bonds is 0. The molecule has 3 rings (SSSR count). The third-order valence-electron chi connectivity index (χ3n) is 2.66. The highest BCUT2D eigenvalue weighted by Crippen LogP contribution is 2.38. The van der Waals surface area contributed by atoms with E-state index in [-0.39, 0.29) is 11.9 Å². The lowest BCUT2D eigenvalue weighted by Crippen LogP contribution is -2.24. The van der Waals surface area contributed by atoms with Crippen LogP contribution in [0, 0.1) is 5.92 Å². The van der Waals surface area contributed by atoms with Gasteiger partial charge in [0.2, 0.25) is 0 Å². The van der Waals surface area contributed by atoms with Crippen LogP contribution >= 0.6 is 0 Å². The van der Waals surface area contributed by atoms with E-state index in [1.165, 1.54) is 0 Å². The van der Waals surface area contributed by atoms with Crippen LogP contribution in [0.5, 0.6) is 0 Å². The van der Waals surface area contributed by atoms with Crippen molar-refractivity contribution < 1.29 is 9.53 Å². The molecule has 0 fully saturated rings. The molecule has 0 radical (unpaired) electrons. The summed E-state index contributed by atoms with van der Waals surface area (Å²) in [5, 5.41) is 0. The van der Waals surface area contributed by atoms with Crippen molar-refractivity contribution >= 4 is 5.97 Å². The van der Waals surface area contributed by atoms with Gasteiger partial charge >= 0.3 is 5.97 Å². The minimum Gasteiger partial charge on any atom is -0.431 e. The Bertz CT molecular complexity index is 459. The van der Waals surface area contributed by atoms with E-state index in [9.17, 15) is 4.79 Å². The van der Waals surface area contributed by atoms with Crippen molar-refractivity contribution in [2.45, 2.75) is 0 Å². The number of hydrogen-bond acceptors (Lipinski definition) is 2. The molecule has 0 amide bonds. The van der Waals surface area contributed by atoms with Crippen molar-refractivity contribution in [2.24, 2.45) is 5.92 Å². The van der Waals surface area contributed by atoms with Gasteiger partial charge in [0, 0.05) is 11.5 Å². The van der Waals surface area contributed by atoms with Crippen molar-refractivity contribution in [2.75, 3.05) is 0 Å². The highest BCUT2D eigenvalue weighted by atomic mass is 16.5. The van der Waals surface area contributed by atoms with Crippen molar-refractivity contribution in [3.8, 4) is 0 Å². The van der Waals surface area contributed by atoms with Gasteiger partial charge in [-0.15, -0.1) is 0 Å². The Hall–Kier alpha value is -1.83. The standard InChI is InChI=1S/C12H8O2/c13-12-10-6-2-4-8-3-1-5-9(7-14-12)11(8)10/h1-7,11H. The smallest absolute Gasteiger partial charge is 0.339 e. The monoisotopic (exact) mass is 184 g/mol. The zero-order valence-electron chi connectivity index (χ0n) is 7.44. The van der Waals surface area contributed by atoms with Crippen molar-refractivity contribution in [3.05, 3.63) is 59.4 Å². The molecule has 1 unspecified atom stereocenters. The third-order valence-corrected chi connectivity index (χ3v) is 2.66. The lowest BCUT2D eigenvalue weighted by atomic mass is 9.78. The molecule has 0 saturated carbocycles. The summed E-state index contributed by atoms with van der Waals surface area (Å²) < 4.78 is 4.95. The summed E-state index contributed by atoms with van der Waals surface area (Å²) in [5.74, 6) is -0.129. The molecule has 0 bridgehead atoms. The largest absolute Gasteiger partial charge is 0.431 e. The Morgan fingerprint density at radius 1 is 1.07 bits per heavy atom. The number of cyclic esters (lactones) is 1. The van der Waals surface area contributed by atoms with E-state index in [0.717, 1.165) is 16.7 Å². The van der Waals surface area contributed by atoms with E-state index >= 15 is 0 Å². The number of ether oxygens (including phenoxy) is 1. The van der Waals surface area contributed by atoms with Gasteiger partial charge in [0.15, 0.2) is 0 Å². The van der Waals surface area contributed by atoms with E-state index < -0.39 is 0 Å². The SMILES string of the molecule is O=C1OC=C2C=CC=C3C=CC=C1C32. The molecule has 0 aromatic heterocycles. The molecule has 0 aromatic rings. The van der Waals surface area contributed by atoms with Gasteiger partial charge in [0.25, 0.3) is 0 Å². The maximum Gasteiger partial charge on any atom is 0.339 e. The van der Waals surface area contributed by atoms with E-state index in [2.05, 4.69) is 0 Å². The lowest BCUT2D eigenvalue weighted by Gasteiger charge is -2.28. The fraction of sp³-hybridized carbons (Fsp3) is 0.0833. The zero-order valence-corrected chi connectivity index (χ0v) is 7.44. The molecule has 1 aliphatic heterocycles. The Labute approximate surface area is 81.6 Å².